The fourth-order valence-electron chi connectivity index (χ4n) is 4.60. The zero-order valence-corrected chi connectivity index (χ0v) is 21.2. The van der Waals surface area contributed by atoms with E-state index in [-0.39, 0.29) is 58.2 Å². The van der Waals surface area contributed by atoms with Gasteiger partial charge in [-0.15, -0.1) is 0 Å². The van der Waals surface area contributed by atoms with E-state index in [4.69, 9.17) is 9.84 Å². The number of aromatic carboxylic acids is 1. The molecule has 1 aliphatic heterocycles. The van der Waals surface area contributed by atoms with E-state index in [9.17, 15) is 31.2 Å². The smallest absolute Gasteiger partial charge is 0.416 e. The first-order chi connectivity index (χ1) is 18.4. The van der Waals surface area contributed by atoms with Crippen molar-refractivity contribution in [3.05, 3.63) is 89.1 Å². The van der Waals surface area contributed by atoms with Crippen LogP contribution < -0.4 is 9.64 Å². The largest absolute Gasteiger partial charge is 0.482 e. The SMILES string of the molecule is CCN1C(=O)COc2ccc(S(=O)(=O)n3c(Cc4ccc(C(=O)O)cc4)cc4cc(C(F)(F)F)ccc43)cc21. The highest BCUT2D eigenvalue weighted by atomic mass is 32.2. The summed E-state index contributed by atoms with van der Waals surface area (Å²) in [4.78, 5) is 24.7. The number of carbonyl (C=O) groups excluding carboxylic acids is 1. The van der Waals surface area contributed by atoms with Gasteiger partial charge in [-0.3, -0.25) is 4.79 Å². The molecule has 5 rings (SSSR count). The Kier molecular flexibility index (Phi) is 6.37. The minimum Gasteiger partial charge on any atom is -0.482 e. The average Bonchev–Trinajstić information content (AvgIpc) is 3.26. The lowest BCUT2D eigenvalue weighted by Crippen LogP contribution is -2.38. The standard InChI is InChI=1S/C27H21F3N2O6S/c1-2-31-23-14-21(8-10-24(23)38-15-25(31)33)39(36,37)32-20(11-16-3-5-17(6-4-16)26(34)35)13-18-12-19(27(28,29)30)7-9-22(18)32/h3-10,12-14H,2,11,15H2,1H3,(H,34,35). The maximum Gasteiger partial charge on any atom is 0.416 e. The summed E-state index contributed by atoms with van der Waals surface area (Å²) in [6.45, 7) is 1.84. The van der Waals surface area contributed by atoms with Crippen molar-refractivity contribution >= 4 is 38.5 Å². The third-order valence-electron chi connectivity index (χ3n) is 6.47. The van der Waals surface area contributed by atoms with Crippen LogP contribution in [-0.2, 0) is 27.4 Å². The zero-order chi connectivity index (χ0) is 28.1. The quantitative estimate of drug-likeness (QED) is 0.360. The molecule has 2 heterocycles. The van der Waals surface area contributed by atoms with Crippen molar-refractivity contribution in [3.8, 4) is 5.75 Å². The van der Waals surface area contributed by atoms with E-state index in [1.165, 1.54) is 53.4 Å². The molecule has 3 aromatic carbocycles. The third kappa shape index (κ3) is 4.71. The third-order valence-corrected chi connectivity index (χ3v) is 8.23. The van der Waals surface area contributed by atoms with E-state index in [0.717, 1.165) is 22.2 Å². The maximum atomic E-state index is 14.0. The second kappa shape index (κ2) is 9.45. The molecule has 1 aliphatic rings. The van der Waals surface area contributed by atoms with Crippen molar-refractivity contribution in [2.45, 2.75) is 24.4 Å². The monoisotopic (exact) mass is 558 g/mol. The molecule has 0 spiro atoms. The highest BCUT2D eigenvalue weighted by Gasteiger charge is 2.33. The minimum atomic E-state index is -4.63. The first-order valence-electron chi connectivity index (χ1n) is 11.8. The molecule has 8 nitrogen and oxygen atoms in total. The number of alkyl halides is 3. The second-order valence-electron chi connectivity index (χ2n) is 8.91. The number of ether oxygens (including phenoxy) is 1. The number of fused-ring (bicyclic) bond motifs is 2. The predicted octanol–water partition coefficient (Wildman–Crippen LogP) is 4.93. The Morgan fingerprint density at radius 3 is 2.38 bits per heavy atom. The van der Waals surface area contributed by atoms with Gasteiger partial charge < -0.3 is 14.7 Å². The van der Waals surface area contributed by atoms with Crippen LogP contribution in [0.4, 0.5) is 18.9 Å². The van der Waals surface area contributed by atoms with Crippen molar-refractivity contribution in [1.82, 2.24) is 3.97 Å². The molecule has 39 heavy (non-hydrogen) atoms. The van der Waals surface area contributed by atoms with Crippen LogP contribution >= 0.6 is 0 Å². The van der Waals surface area contributed by atoms with Gasteiger partial charge in [0.05, 0.1) is 27.2 Å². The number of hydrogen-bond donors (Lipinski definition) is 1. The Balaban J connectivity index is 1.68. The lowest BCUT2D eigenvalue weighted by atomic mass is 10.1. The van der Waals surface area contributed by atoms with Crippen LogP contribution in [0.5, 0.6) is 5.75 Å². The number of carboxylic acid groups (broad SMARTS) is 1. The lowest BCUT2D eigenvalue weighted by Gasteiger charge is -2.28. The van der Waals surface area contributed by atoms with Crippen molar-refractivity contribution in [2.75, 3.05) is 18.1 Å². The highest BCUT2D eigenvalue weighted by molar-refractivity contribution is 7.90. The molecule has 0 bridgehead atoms. The first-order valence-corrected chi connectivity index (χ1v) is 13.2. The lowest BCUT2D eigenvalue weighted by molar-refractivity contribution is -0.137. The summed E-state index contributed by atoms with van der Waals surface area (Å²) in [6.07, 6.45) is -4.64. The van der Waals surface area contributed by atoms with Gasteiger partial charge in [0.1, 0.15) is 5.75 Å². The molecule has 0 atom stereocenters. The van der Waals surface area contributed by atoms with E-state index < -0.39 is 27.7 Å². The molecule has 0 radical (unpaired) electrons. The zero-order valence-electron chi connectivity index (χ0n) is 20.4. The summed E-state index contributed by atoms with van der Waals surface area (Å²) >= 11 is 0. The van der Waals surface area contributed by atoms with Gasteiger partial charge in [-0.1, -0.05) is 12.1 Å². The highest BCUT2D eigenvalue weighted by Crippen LogP contribution is 2.37. The number of nitrogens with zero attached hydrogens (tertiary/aromatic N) is 2. The summed E-state index contributed by atoms with van der Waals surface area (Å²) in [5.41, 5.74) is 0.147. The Morgan fingerprint density at radius 1 is 1.03 bits per heavy atom. The maximum absolute atomic E-state index is 14.0. The predicted molar refractivity (Wildman–Crippen MR) is 136 cm³/mol. The Morgan fingerprint density at radius 2 is 1.74 bits per heavy atom. The van der Waals surface area contributed by atoms with Gasteiger partial charge in [-0.2, -0.15) is 13.2 Å². The number of carbonyl (C=O) groups is 2. The molecule has 0 aliphatic carbocycles. The summed E-state index contributed by atoms with van der Waals surface area (Å²) < 4.78 is 74.7. The van der Waals surface area contributed by atoms with Gasteiger partial charge in [0.15, 0.2) is 6.61 Å². The van der Waals surface area contributed by atoms with Gasteiger partial charge >= 0.3 is 12.1 Å². The fourth-order valence-corrected chi connectivity index (χ4v) is 6.16. The van der Waals surface area contributed by atoms with Gasteiger partial charge in [0.2, 0.25) is 0 Å². The molecule has 4 aromatic rings. The summed E-state index contributed by atoms with van der Waals surface area (Å²) in [7, 11) is -4.38. The van der Waals surface area contributed by atoms with Crippen LogP contribution in [0.1, 0.15) is 34.1 Å². The first kappa shape index (κ1) is 26.3. The van der Waals surface area contributed by atoms with Crippen LogP contribution in [-0.4, -0.2) is 42.5 Å². The average molecular weight is 559 g/mol. The summed E-state index contributed by atoms with van der Waals surface area (Å²) in [5, 5.41) is 9.22. The number of anilines is 1. The topological polar surface area (TPSA) is 106 Å². The fraction of sp³-hybridized carbons (Fsp3) is 0.185. The minimum absolute atomic E-state index is 0.0111. The molecule has 1 N–H and O–H groups in total. The van der Waals surface area contributed by atoms with Crippen molar-refractivity contribution in [3.63, 3.8) is 0 Å². The summed E-state index contributed by atoms with van der Waals surface area (Å²) in [5.74, 6) is -1.13. The molecule has 0 fully saturated rings. The Hall–Kier alpha value is -4.32. The number of hydrogen-bond acceptors (Lipinski definition) is 5. The van der Waals surface area contributed by atoms with Crippen LogP contribution in [0.2, 0.25) is 0 Å². The Labute approximate surface area is 220 Å². The molecule has 1 aromatic heterocycles. The van der Waals surface area contributed by atoms with E-state index in [2.05, 4.69) is 0 Å². The number of amides is 1. The van der Waals surface area contributed by atoms with Crippen molar-refractivity contribution in [2.24, 2.45) is 0 Å². The van der Waals surface area contributed by atoms with Crippen LogP contribution in [0.15, 0.2) is 71.6 Å². The van der Waals surface area contributed by atoms with Crippen molar-refractivity contribution < 1.29 is 41.0 Å². The van der Waals surface area contributed by atoms with E-state index in [1.54, 1.807) is 6.92 Å². The number of rotatable bonds is 6. The number of carboxylic acids is 1. The molecule has 1 amide bonds. The van der Waals surface area contributed by atoms with Gasteiger partial charge in [0.25, 0.3) is 15.9 Å². The number of halogens is 3. The number of benzene rings is 3. The van der Waals surface area contributed by atoms with E-state index >= 15 is 0 Å². The summed E-state index contributed by atoms with van der Waals surface area (Å²) in [6, 6.07) is 14.0. The van der Waals surface area contributed by atoms with E-state index in [1.807, 2.05) is 0 Å². The molecule has 12 heteroatoms. The molecule has 202 valence electrons. The van der Waals surface area contributed by atoms with Crippen LogP contribution in [0.25, 0.3) is 10.9 Å². The molecular formula is C27H21F3N2O6S. The molecule has 0 saturated heterocycles. The Bertz CT molecular complexity index is 1730. The van der Waals surface area contributed by atoms with Crippen LogP contribution in [0, 0.1) is 0 Å². The normalized spacial score (nSPS) is 13.8. The number of aromatic nitrogens is 1. The van der Waals surface area contributed by atoms with E-state index in [0.29, 0.717) is 11.3 Å². The number of likely N-dealkylation sites (N-methyl/N-ethyl adjacent to an activating group) is 1. The van der Waals surface area contributed by atoms with Gasteiger partial charge in [-0.25, -0.2) is 17.2 Å². The van der Waals surface area contributed by atoms with Crippen molar-refractivity contribution in [1.29, 1.82) is 0 Å². The molecular weight excluding hydrogens is 537 g/mol. The van der Waals surface area contributed by atoms with Crippen LogP contribution in [0.3, 0.4) is 0 Å². The van der Waals surface area contributed by atoms with Gasteiger partial charge in [-0.05, 0) is 67.1 Å². The molecule has 0 unspecified atom stereocenters. The van der Waals surface area contributed by atoms with Gasteiger partial charge in [0, 0.05) is 24.0 Å². The molecule has 0 saturated carbocycles. The second-order valence-corrected chi connectivity index (χ2v) is 10.7.